The highest BCUT2D eigenvalue weighted by Crippen LogP contribution is 2.22. The Kier molecular flexibility index (Phi) is 7.37. The minimum Gasteiger partial charge on any atom is -0.444 e. The SMILES string of the molecule is CCSc1nnc(C(CCSC)NC(=O)OC(C)(C)C)o1. The number of hydrogen-bond donors (Lipinski definition) is 1. The Balaban J connectivity index is 2.72. The molecule has 8 heteroatoms. The highest BCUT2D eigenvalue weighted by molar-refractivity contribution is 7.99. The summed E-state index contributed by atoms with van der Waals surface area (Å²) < 4.78 is 10.8. The Bertz CT molecular complexity index is 446. The lowest BCUT2D eigenvalue weighted by Gasteiger charge is -2.22. The van der Waals surface area contributed by atoms with Crippen LogP contribution in [0.4, 0.5) is 4.79 Å². The van der Waals surface area contributed by atoms with E-state index >= 15 is 0 Å². The molecule has 0 saturated heterocycles. The number of nitrogens with one attached hydrogen (secondary N) is 1. The molecule has 0 aliphatic carbocycles. The van der Waals surface area contributed by atoms with Crippen LogP contribution in [0.2, 0.25) is 0 Å². The summed E-state index contributed by atoms with van der Waals surface area (Å²) in [6.45, 7) is 7.49. The van der Waals surface area contributed by atoms with Crippen LogP contribution < -0.4 is 5.32 Å². The molecule has 1 amide bonds. The first-order chi connectivity index (χ1) is 9.85. The van der Waals surface area contributed by atoms with Gasteiger partial charge in [-0.15, -0.1) is 10.2 Å². The molecule has 0 spiro atoms. The molecule has 0 radical (unpaired) electrons. The lowest BCUT2D eigenvalue weighted by atomic mass is 10.2. The van der Waals surface area contributed by atoms with Crippen molar-refractivity contribution in [1.29, 1.82) is 0 Å². The van der Waals surface area contributed by atoms with E-state index in [-0.39, 0.29) is 6.04 Å². The van der Waals surface area contributed by atoms with Gasteiger partial charge in [0, 0.05) is 0 Å². The van der Waals surface area contributed by atoms with Crippen molar-refractivity contribution in [3.05, 3.63) is 5.89 Å². The number of aromatic nitrogens is 2. The van der Waals surface area contributed by atoms with Gasteiger partial charge in [0.15, 0.2) is 0 Å². The van der Waals surface area contributed by atoms with Gasteiger partial charge in [0.1, 0.15) is 11.6 Å². The summed E-state index contributed by atoms with van der Waals surface area (Å²) in [7, 11) is 0. The normalized spacial score (nSPS) is 13.0. The zero-order valence-electron chi connectivity index (χ0n) is 13.1. The quantitative estimate of drug-likeness (QED) is 0.765. The number of ether oxygens (including phenoxy) is 1. The first kappa shape index (κ1) is 18.2. The van der Waals surface area contributed by atoms with Crippen molar-refractivity contribution < 1.29 is 13.9 Å². The molecule has 0 aliphatic rings. The van der Waals surface area contributed by atoms with Crippen molar-refractivity contribution in [2.24, 2.45) is 0 Å². The maximum absolute atomic E-state index is 11.9. The summed E-state index contributed by atoms with van der Waals surface area (Å²) in [4.78, 5) is 11.9. The minimum absolute atomic E-state index is 0.328. The second kappa shape index (κ2) is 8.53. The molecule has 0 bridgehead atoms. The summed E-state index contributed by atoms with van der Waals surface area (Å²) in [5.41, 5.74) is -0.536. The van der Waals surface area contributed by atoms with Gasteiger partial charge >= 0.3 is 6.09 Å². The van der Waals surface area contributed by atoms with Gasteiger partial charge in [-0.3, -0.25) is 0 Å². The van der Waals surface area contributed by atoms with E-state index < -0.39 is 11.7 Å². The second-order valence-corrected chi connectivity index (χ2v) is 7.52. The Hall–Kier alpha value is -0.890. The van der Waals surface area contributed by atoms with Gasteiger partial charge in [0.2, 0.25) is 5.89 Å². The summed E-state index contributed by atoms with van der Waals surface area (Å²) >= 11 is 3.17. The van der Waals surface area contributed by atoms with Crippen LogP contribution in [0, 0.1) is 0 Å². The van der Waals surface area contributed by atoms with Crippen LogP contribution in [0.1, 0.15) is 46.0 Å². The van der Waals surface area contributed by atoms with Crippen molar-refractivity contribution in [2.75, 3.05) is 17.8 Å². The number of thioether (sulfide) groups is 2. The van der Waals surface area contributed by atoms with E-state index in [4.69, 9.17) is 9.15 Å². The van der Waals surface area contributed by atoms with Crippen molar-refractivity contribution in [3.8, 4) is 0 Å². The zero-order valence-corrected chi connectivity index (χ0v) is 14.8. The zero-order chi connectivity index (χ0) is 15.9. The van der Waals surface area contributed by atoms with E-state index in [0.717, 1.165) is 11.5 Å². The number of alkyl carbamates (subject to hydrolysis) is 1. The monoisotopic (exact) mass is 333 g/mol. The van der Waals surface area contributed by atoms with E-state index in [0.29, 0.717) is 17.5 Å². The van der Waals surface area contributed by atoms with Crippen molar-refractivity contribution in [3.63, 3.8) is 0 Å². The Morgan fingerprint density at radius 3 is 2.71 bits per heavy atom. The average molecular weight is 333 g/mol. The summed E-state index contributed by atoms with van der Waals surface area (Å²) in [6, 6.07) is -0.328. The van der Waals surface area contributed by atoms with Crippen LogP contribution in [-0.2, 0) is 4.74 Å². The van der Waals surface area contributed by atoms with Crippen LogP contribution in [0.25, 0.3) is 0 Å². The molecule has 21 heavy (non-hydrogen) atoms. The number of amides is 1. The molecule has 120 valence electrons. The summed E-state index contributed by atoms with van der Waals surface area (Å²) in [5, 5.41) is 11.3. The number of nitrogens with zero attached hydrogens (tertiary/aromatic N) is 2. The molecule has 0 aromatic carbocycles. The topological polar surface area (TPSA) is 77.2 Å². The molecule has 0 aliphatic heterocycles. The average Bonchev–Trinajstić information content (AvgIpc) is 2.81. The molecular formula is C13H23N3O3S2. The van der Waals surface area contributed by atoms with Gasteiger partial charge in [-0.2, -0.15) is 11.8 Å². The third-order valence-corrected chi connectivity index (χ3v) is 3.63. The maximum atomic E-state index is 11.9. The third-order valence-electron chi connectivity index (χ3n) is 2.29. The lowest BCUT2D eigenvalue weighted by molar-refractivity contribution is 0.0493. The number of carbonyl (C=O) groups excluding carboxylic acids is 1. The first-order valence-electron chi connectivity index (χ1n) is 6.80. The van der Waals surface area contributed by atoms with Crippen LogP contribution in [0.15, 0.2) is 9.64 Å². The van der Waals surface area contributed by atoms with E-state index in [9.17, 15) is 4.79 Å². The Morgan fingerprint density at radius 1 is 1.43 bits per heavy atom. The van der Waals surface area contributed by atoms with E-state index in [2.05, 4.69) is 15.5 Å². The molecule has 0 saturated carbocycles. The van der Waals surface area contributed by atoms with Gasteiger partial charge in [-0.1, -0.05) is 18.7 Å². The van der Waals surface area contributed by atoms with Gasteiger partial charge in [0.05, 0.1) is 0 Å². The maximum Gasteiger partial charge on any atom is 0.408 e. The minimum atomic E-state index is -0.536. The number of hydrogen-bond acceptors (Lipinski definition) is 7. The molecule has 1 aromatic heterocycles. The molecule has 1 rings (SSSR count). The fraction of sp³-hybridized carbons (Fsp3) is 0.769. The fourth-order valence-corrected chi connectivity index (χ4v) is 2.45. The van der Waals surface area contributed by atoms with Crippen LogP contribution in [-0.4, -0.2) is 39.7 Å². The first-order valence-corrected chi connectivity index (χ1v) is 9.18. The standard InChI is InChI=1S/C13H23N3O3S2/c1-6-21-12-16-15-10(18-12)9(7-8-20-5)14-11(17)19-13(2,3)4/h9H,6-8H2,1-5H3,(H,14,17). The van der Waals surface area contributed by atoms with E-state index in [1.54, 1.807) is 11.8 Å². The molecule has 1 atom stereocenters. The molecule has 1 unspecified atom stereocenters. The van der Waals surface area contributed by atoms with Gasteiger partial charge in [-0.05, 0) is 45.0 Å². The van der Waals surface area contributed by atoms with Crippen LogP contribution in [0.3, 0.4) is 0 Å². The highest BCUT2D eigenvalue weighted by Gasteiger charge is 2.24. The Morgan fingerprint density at radius 2 is 2.14 bits per heavy atom. The van der Waals surface area contributed by atoms with Crippen LogP contribution in [0.5, 0.6) is 0 Å². The Labute approximate surface area is 134 Å². The van der Waals surface area contributed by atoms with Crippen molar-refractivity contribution >= 4 is 29.6 Å². The van der Waals surface area contributed by atoms with Gasteiger partial charge in [-0.25, -0.2) is 4.79 Å². The predicted octanol–water partition coefficient (Wildman–Crippen LogP) is 3.50. The predicted molar refractivity (Wildman–Crippen MR) is 85.8 cm³/mol. The van der Waals surface area contributed by atoms with E-state index in [1.807, 2.05) is 34.0 Å². The summed E-state index contributed by atoms with van der Waals surface area (Å²) in [6.07, 6.45) is 2.24. The molecule has 0 fully saturated rings. The van der Waals surface area contributed by atoms with Gasteiger partial charge in [0.25, 0.3) is 5.22 Å². The largest absolute Gasteiger partial charge is 0.444 e. The molecule has 1 aromatic rings. The second-order valence-electron chi connectivity index (χ2n) is 5.32. The highest BCUT2D eigenvalue weighted by atomic mass is 32.2. The van der Waals surface area contributed by atoms with Gasteiger partial charge < -0.3 is 14.5 Å². The van der Waals surface area contributed by atoms with E-state index in [1.165, 1.54) is 11.8 Å². The third kappa shape index (κ3) is 7.08. The number of rotatable bonds is 7. The van der Waals surface area contributed by atoms with Crippen LogP contribution >= 0.6 is 23.5 Å². The fourth-order valence-electron chi connectivity index (χ4n) is 1.49. The van der Waals surface area contributed by atoms with Crippen molar-refractivity contribution in [2.45, 2.75) is 51.0 Å². The summed E-state index contributed by atoms with van der Waals surface area (Å²) in [5.74, 6) is 2.15. The molecule has 1 N–H and O–H groups in total. The smallest absolute Gasteiger partial charge is 0.408 e. The van der Waals surface area contributed by atoms with Crippen molar-refractivity contribution in [1.82, 2.24) is 15.5 Å². The molecular weight excluding hydrogens is 310 g/mol. The molecule has 6 nitrogen and oxygen atoms in total. The lowest BCUT2D eigenvalue weighted by Crippen LogP contribution is -2.35. The number of carbonyl (C=O) groups is 1. The molecule has 1 heterocycles.